The van der Waals surface area contributed by atoms with Crippen LogP contribution in [0.2, 0.25) is 0 Å². The number of aromatic nitrogens is 2. The Bertz CT molecular complexity index is 507. The first kappa shape index (κ1) is 17.7. The number of anilines is 2. The minimum Gasteiger partial charge on any atom is -0.481 e. The van der Waals surface area contributed by atoms with Crippen LogP contribution in [0, 0.1) is 0 Å². The predicted octanol–water partition coefficient (Wildman–Crippen LogP) is 1.80. The molecule has 23 heavy (non-hydrogen) atoms. The van der Waals surface area contributed by atoms with Gasteiger partial charge in [0.15, 0.2) is 5.11 Å². The van der Waals surface area contributed by atoms with Gasteiger partial charge in [0.2, 0.25) is 11.8 Å². The quantitative estimate of drug-likeness (QED) is 0.600. The molecule has 1 saturated heterocycles. The summed E-state index contributed by atoms with van der Waals surface area (Å²) in [5.74, 6) is 1.85. The molecule has 1 aliphatic heterocycles. The maximum absolute atomic E-state index is 5.30. The van der Waals surface area contributed by atoms with Gasteiger partial charge in [0.25, 0.3) is 0 Å². The summed E-state index contributed by atoms with van der Waals surface area (Å²) >= 11 is 5.24. The van der Waals surface area contributed by atoms with Crippen LogP contribution in [0.3, 0.4) is 0 Å². The first-order valence-corrected chi connectivity index (χ1v) is 8.35. The molecule has 0 amide bonds. The van der Waals surface area contributed by atoms with Crippen LogP contribution in [-0.2, 0) is 4.74 Å². The molecule has 2 heterocycles. The zero-order valence-electron chi connectivity index (χ0n) is 13.8. The summed E-state index contributed by atoms with van der Waals surface area (Å²) in [4.78, 5) is 11.2. The summed E-state index contributed by atoms with van der Waals surface area (Å²) in [6, 6.07) is 1.87. The van der Waals surface area contributed by atoms with Crippen molar-refractivity contribution in [3.63, 3.8) is 0 Å². The molecule has 1 aliphatic rings. The van der Waals surface area contributed by atoms with E-state index in [1.54, 1.807) is 14.2 Å². The topological polar surface area (TPSA) is 71.5 Å². The van der Waals surface area contributed by atoms with E-state index in [0.717, 1.165) is 18.9 Å². The smallest absolute Gasteiger partial charge is 0.234 e. The first-order chi connectivity index (χ1) is 11.2. The lowest BCUT2D eigenvalue weighted by Crippen LogP contribution is -2.32. The summed E-state index contributed by atoms with van der Waals surface area (Å²) < 4.78 is 10.3. The van der Waals surface area contributed by atoms with E-state index in [4.69, 9.17) is 21.7 Å². The lowest BCUT2D eigenvalue weighted by atomic mass is 10.2. The standard InChI is InChI=1S/C15H25N5O2S/c1-21-10-7-16-15(23)19-14-17-12(11-13(18-14)22-2)20-8-5-3-4-6-9-20/h11H,3-10H2,1-2H3,(H2,16,17,18,19,23). The number of nitrogens with one attached hydrogen (secondary N) is 2. The third-order valence-corrected chi connectivity index (χ3v) is 3.89. The summed E-state index contributed by atoms with van der Waals surface area (Å²) in [5, 5.41) is 6.52. The van der Waals surface area contributed by atoms with Crippen molar-refractivity contribution in [2.24, 2.45) is 0 Å². The van der Waals surface area contributed by atoms with Crippen LogP contribution < -0.4 is 20.3 Å². The molecule has 128 valence electrons. The van der Waals surface area contributed by atoms with E-state index in [1.165, 1.54) is 25.7 Å². The Kier molecular flexibility index (Phi) is 7.28. The van der Waals surface area contributed by atoms with Crippen LogP contribution in [0.15, 0.2) is 6.07 Å². The average Bonchev–Trinajstić information content (AvgIpc) is 2.84. The molecule has 2 N–H and O–H groups in total. The summed E-state index contributed by atoms with van der Waals surface area (Å²) in [5.41, 5.74) is 0. The fraction of sp³-hybridized carbons (Fsp3) is 0.667. The molecular weight excluding hydrogens is 314 g/mol. The monoisotopic (exact) mass is 339 g/mol. The van der Waals surface area contributed by atoms with Crippen molar-refractivity contribution in [3.8, 4) is 5.88 Å². The number of hydrogen-bond donors (Lipinski definition) is 2. The minimum atomic E-state index is 0.443. The van der Waals surface area contributed by atoms with Crippen molar-refractivity contribution >= 4 is 29.1 Å². The Balaban J connectivity index is 2.06. The van der Waals surface area contributed by atoms with E-state index in [0.29, 0.717) is 30.1 Å². The highest BCUT2D eigenvalue weighted by atomic mass is 32.1. The minimum absolute atomic E-state index is 0.443. The van der Waals surface area contributed by atoms with Crippen LogP contribution in [-0.4, -0.2) is 55.5 Å². The van der Waals surface area contributed by atoms with Crippen molar-refractivity contribution in [2.45, 2.75) is 25.7 Å². The van der Waals surface area contributed by atoms with Crippen molar-refractivity contribution in [2.75, 3.05) is 50.7 Å². The van der Waals surface area contributed by atoms with Crippen molar-refractivity contribution in [1.82, 2.24) is 15.3 Å². The fourth-order valence-electron chi connectivity index (χ4n) is 2.45. The molecule has 0 saturated carbocycles. The van der Waals surface area contributed by atoms with Gasteiger partial charge >= 0.3 is 0 Å². The van der Waals surface area contributed by atoms with Gasteiger partial charge in [0.05, 0.1) is 13.7 Å². The number of rotatable bonds is 6. The van der Waals surface area contributed by atoms with Crippen LogP contribution in [0.5, 0.6) is 5.88 Å². The molecule has 0 bridgehead atoms. The number of methoxy groups -OCH3 is 2. The van der Waals surface area contributed by atoms with Crippen LogP contribution >= 0.6 is 12.2 Å². The second kappa shape index (κ2) is 9.46. The highest BCUT2D eigenvalue weighted by molar-refractivity contribution is 7.80. The molecule has 0 spiro atoms. The molecule has 2 rings (SSSR count). The van der Waals surface area contributed by atoms with Crippen LogP contribution in [0.1, 0.15) is 25.7 Å². The number of nitrogens with zero attached hydrogens (tertiary/aromatic N) is 3. The first-order valence-electron chi connectivity index (χ1n) is 7.94. The average molecular weight is 339 g/mol. The van der Waals surface area contributed by atoms with Gasteiger partial charge in [-0.1, -0.05) is 12.8 Å². The second-order valence-corrected chi connectivity index (χ2v) is 5.78. The molecule has 0 atom stereocenters. The predicted molar refractivity (Wildman–Crippen MR) is 95.4 cm³/mol. The van der Waals surface area contributed by atoms with E-state index < -0.39 is 0 Å². The van der Waals surface area contributed by atoms with E-state index >= 15 is 0 Å². The number of ether oxygens (including phenoxy) is 2. The van der Waals surface area contributed by atoms with E-state index in [9.17, 15) is 0 Å². The molecule has 0 aromatic carbocycles. The lowest BCUT2D eigenvalue weighted by Gasteiger charge is -2.22. The molecular formula is C15H25N5O2S. The van der Waals surface area contributed by atoms with Gasteiger partial charge in [0.1, 0.15) is 5.82 Å². The zero-order valence-corrected chi connectivity index (χ0v) is 14.6. The Morgan fingerprint density at radius 2 is 1.96 bits per heavy atom. The molecule has 1 aromatic heterocycles. The van der Waals surface area contributed by atoms with Gasteiger partial charge in [-0.2, -0.15) is 9.97 Å². The number of hydrogen-bond acceptors (Lipinski definition) is 6. The van der Waals surface area contributed by atoms with E-state index in [1.807, 2.05) is 6.07 Å². The van der Waals surface area contributed by atoms with Gasteiger partial charge in [-0.25, -0.2) is 0 Å². The lowest BCUT2D eigenvalue weighted by molar-refractivity contribution is 0.204. The maximum Gasteiger partial charge on any atom is 0.234 e. The highest BCUT2D eigenvalue weighted by Crippen LogP contribution is 2.22. The van der Waals surface area contributed by atoms with E-state index in [2.05, 4.69) is 25.5 Å². The summed E-state index contributed by atoms with van der Waals surface area (Å²) in [7, 11) is 3.25. The van der Waals surface area contributed by atoms with Gasteiger partial charge in [-0.3, -0.25) is 0 Å². The third-order valence-electron chi connectivity index (χ3n) is 3.65. The largest absolute Gasteiger partial charge is 0.481 e. The summed E-state index contributed by atoms with van der Waals surface area (Å²) in [6.45, 7) is 3.23. The van der Waals surface area contributed by atoms with Gasteiger partial charge < -0.3 is 25.0 Å². The third kappa shape index (κ3) is 5.80. The Hall–Kier alpha value is -1.67. The van der Waals surface area contributed by atoms with Gasteiger partial charge in [-0.05, 0) is 25.1 Å². The van der Waals surface area contributed by atoms with Gasteiger partial charge in [-0.15, -0.1) is 0 Å². The molecule has 1 fully saturated rings. The van der Waals surface area contributed by atoms with Crippen molar-refractivity contribution in [3.05, 3.63) is 6.07 Å². The van der Waals surface area contributed by atoms with E-state index in [-0.39, 0.29) is 0 Å². The van der Waals surface area contributed by atoms with Gasteiger partial charge in [0, 0.05) is 32.8 Å². The molecule has 0 unspecified atom stereocenters. The van der Waals surface area contributed by atoms with Crippen molar-refractivity contribution in [1.29, 1.82) is 0 Å². The highest BCUT2D eigenvalue weighted by Gasteiger charge is 2.14. The summed E-state index contributed by atoms with van der Waals surface area (Å²) in [6.07, 6.45) is 4.92. The Morgan fingerprint density at radius 1 is 1.22 bits per heavy atom. The molecule has 7 nitrogen and oxygen atoms in total. The molecule has 8 heteroatoms. The molecule has 1 aromatic rings. The van der Waals surface area contributed by atoms with Crippen LogP contribution in [0.4, 0.5) is 11.8 Å². The van der Waals surface area contributed by atoms with Crippen LogP contribution in [0.25, 0.3) is 0 Å². The second-order valence-electron chi connectivity index (χ2n) is 5.37. The molecule has 0 radical (unpaired) electrons. The number of thiocarbonyl (C=S) groups is 1. The molecule has 0 aliphatic carbocycles. The maximum atomic E-state index is 5.30. The SMILES string of the molecule is COCCNC(=S)Nc1nc(OC)cc(N2CCCCCC2)n1. The Labute approximate surface area is 142 Å². The normalized spacial score (nSPS) is 15.0. The fourth-order valence-corrected chi connectivity index (χ4v) is 2.64. The zero-order chi connectivity index (χ0) is 16.5. The Morgan fingerprint density at radius 3 is 2.61 bits per heavy atom. The van der Waals surface area contributed by atoms with Crippen molar-refractivity contribution < 1.29 is 9.47 Å².